The molecule has 5 atom stereocenters. The molecule has 1 saturated heterocycles. The summed E-state index contributed by atoms with van der Waals surface area (Å²) in [6, 6.07) is -0.865. The Hall–Kier alpha value is -6.56. The number of alkyl carbamates (subject to hydrolysis) is 1. The lowest BCUT2D eigenvalue weighted by molar-refractivity contribution is -0.191. The maximum absolute atomic E-state index is 15.6. The summed E-state index contributed by atoms with van der Waals surface area (Å²) in [5, 5.41) is 8.91. The highest BCUT2D eigenvalue weighted by atomic mass is 19.1. The maximum Gasteiger partial charge on any atom is 0.407 e. The molecule has 83 heavy (non-hydrogen) atoms. The van der Waals surface area contributed by atoms with Crippen molar-refractivity contribution in [1.82, 2.24) is 35.3 Å². The molecule has 4 amide bonds. The number of esters is 3. The van der Waals surface area contributed by atoms with Gasteiger partial charge in [-0.3, -0.25) is 28.9 Å². The van der Waals surface area contributed by atoms with Gasteiger partial charge in [0, 0.05) is 48.1 Å². The van der Waals surface area contributed by atoms with E-state index < -0.39 is 94.5 Å². The lowest BCUT2D eigenvalue weighted by Crippen LogP contribution is -2.57. The smallest absolute Gasteiger partial charge is 0.407 e. The number of aryl methyl sites for hydroxylation is 1. The molecule has 456 valence electrons. The first-order chi connectivity index (χ1) is 39.2. The zero-order valence-electron chi connectivity index (χ0n) is 50.3. The number of amides is 4. The quantitative estimate of drug-likeness (QED) is 0.0407. The molecule has 0 bridgehead atoms. The van der Waals surface area contributed by atoms with E-state index in [0.717, 1.165) is 41.6 Å². The van der Waals surface area contributed by atoms with Gasteiger partial charge in [0.1, 0.15) is 41.8 Å². The Balaban J connectivity index is 1.03. The minimum atomic E-state index is -2.13. The Morgan fingerprint density at radius 3 is 2.17 bits per heavy atom. The molecule has 0 spiro atoms. The van der Waals surface area contributed by atoms with Crippen molar-refractivity contribution < 1.29 is 71.1 Å². The van der Waals surface area contributed by atoms with Crippen LogP contribution in [0.5, 0.6) is 0 Å². The van der Waals surface area contributed by atoms with Gasteiger partial charge in [0.05, 0.1) is 75.1 Å². The zero-order chi connectivity index (χ0) is 60.7. The van der Waals surface area contributed by atoms with E-state index in [1.165, 1.54) is 11.0 Å². The van der Waals surface area contributed by atoms with Crippen molar-refractivity contribution in [2.75, 3.05) is 65.8 Å². The number of rotatable bonds is 25. The normalized spacial score (nSPS) is 18.9. The second kappa shape index (κ2) is 27.0. The highest BCUT2D eigenvalue weighted by molar-refractivity contribution is 5.97. The fraction of sp³-hybridized carbons (Fsp3) is 0.650. The summed E-state index contributed by atoms with van der Waals surface area (Å²) >= 11 is 0. The van der Waals surface area contributed by atoms with Crippen LogP contribution in [0.1, 0.15) is 154 Å². The predicted molar refractivity (Wildman–Crippen MR) is 302 cm³/mol. The summed E-state index contributed by atoms with van der Waals surface area (Å²) in [4.78, 5) is 119. The SMILES string of the molecule is CCN(CC)C1CCc2c(C)c(F)cc3nc4c(c1c23)Cn1c-4cc2c(c1=O)COC(=O)[C@@]2(CC)OC(=O)[C@@H](NC(=O)[C@@H]1CCCN1C(=O)[C@H](CC(=O)OC(C)(C)C)NC(=O)CCOCCOCCOCCNC(=O)OC(C)(C)C)C(C)C. The molecule has 3 aliphatic heterocycles. The molecular weight excluding hydrogens is 1080 g/mol. The molecule has 4 aliphatic rings. The lowest BCUT2D eigenvalue weighted by Gasteiger charge is -2.37. The summed E-state index contributed by atoms with van der Waals surface area (Å²) in [6.45, 7) is 24.0. The molecule has 2 aromatic heterocycles. The Kier molecular flexibility index (Phi) is 20.8. The number of fused-ring (bicyclic) bond motifs is 5. The number of benzene rings is 1. The van der Waals surface area contributed by atoms with E-state index in [-0.39, 0.29) is 108 Å². The van der Waals surface area contributed by atoms with Gasteiger partial charge in [0.25, 0.3) is 5.56 Å². The molecule has 1 unspecified atom stereocenters. The number of likely N-dealkylation sites (tertiary alicyclic amines) is 1. The van der Waals surface area contributed by atoms with Gasteiger partial charge >= 0.3 is 24.0 Å². The summed E-state index contributed by atoms with van der Waals surface area (Å²) in [7, 11) is 0. The van der Waals surface area contributed by atoms with E-state index in [9.17, 15) is 38.4 Å². The van der Waals surface area contributed by atoms with Crippen LogP contribution in [-0.2, 0) is 87.1 Å². The monoisotopic (exact) mass is 1160 g/mol. The van der Waals surface area contributed by atoms with Gasteiger partial charge in [0.2, 0.25) is 23.3 Å². The van der Waals surface area contributed by atoms with Crippen LogP contribution in [0, 0.1) is 18.7 Å². The van der Waals surface area contributed by atoms with Crippen molar-refractivity contribution in [3.63, 3.8) is 0 Å². The summed E-state index contributed by atoms with van der Waals surface area (Å²) in [6.07, 6.45) is 0.568. The summed E-state index contributed by atoms with van der Waals surface area (Å²) in [5.74, 6) is -5.70. The highest BCUT2D eigenvalue weighted by Crippen LogP contribution is 2.48. The van der Waals surface area contributed by atoms with Crippen LogP contribution in [0.4, 0.5) is 9.18 Å². The molecular formula is C60H84FN7O15. The van der Waals surface area contributed by atoms with Crippen molar-refractivity contribution in [1.29, 1.82) is 0 Å². The molecule has 0 radical (unpaired) electrons. The van der Waals surface area contributed by atoms with Gasteiger partial charge in [-0.25, -0.2) is 23.8 Å². The first-order valence-electron chi connectivity index (χ1n) is 29.1. The van der Waals surface area contributed by atoms with E-state index in [1.807, 2.05) is 0 Å². The predicted octanol–water partition coefficient (Wildman–Crippen LogP) is 5.72. The van der Waals surface area contributed by atoms with Crippen molar-refractivity contribution in [2.24, 2.45) is 5.92 Å². The molecule has 22 nitrogen and oxygen atoms in total. The average Bonchev–Trinajstić information content (AvgIpc) is 1.92. The molecule has 23 heteroatoms. The van der Waals surface area contributed by atoms with Crippen LogP contribution < -0.4 is 21.5 Å². The lowest BCUT2D eigenvalue weighted by atomic mass is 9.81. The van der Waals surface area contributed by atoms with Gasteiger partial charge in [0.15, 0.2) is 0 Å². The van der Waals surface area contributed by atoms with Crippen molar-refractivity contribution in [3.8, 4) is 11.4 Å². The molecule has 3 aromatic rings. The summed E-state index contributed by atoms with van der Waals surface area (Å²) in [5.41, 5.74) is 0.782. The Bertz CT molecular complexity index is 3000. The number of hydrogen-bond donors (Lipinski definition) is 3. The standard InChI is InChI=1S/C60H84FN7O15/c1-13-60(39-29-45-51-37(32-68(45)53(72)38(39)33-80-56(60)75)49-43(66(14-2)15-3)19-18-36-35(6)40(61)30-41(64-51)48(36)49)82-55(74)50(34(4)5)65-52(71)44-17-16-22-67(44)54(73)42(31-47(70)81-58(7,8)9)63-46(69)20-23-77-25-27-79-28-26-78-24-21-62-57(76)83-59(10,11)12/h29-30,34,42-44,50H,13-28,31-33H2,1-12H3,(H,62,76)(H,63,69)(H,65,71)/t42-,43?,44-,50-,60-/m0/s1. The average molecular weight is 1160 g/mol. The number of nitrogens with zero attached hydrogens (tertiary/aromatic N) is 4. The van der Waals surface area contributed by atoms with E-state index in [1.54, 1.807) is 79.9 Å². The van der Waals surface area contributed by atoms with Crippen LogP contribution in [0.15, 0.2) is 16.9 Å². The number of ether oxygens (including phenoxy) is 7. The zero-order valence-corrected chi connectivity index (χ0v) is 50.3. The molecule has 3 N–H and O–H groups in total. The van der Waals surface area contributed by atoms with Gasteiger partial charge in [-0.1, -0.05) is 34.6 Å². The molecule has 0 saturated carbocycles. The number of halogens is 1. The Morgan fingerprint density at radius 1 is 0.867 bits per heavy atom. The minimum Gasteiger partial charge on any atom is -0.460 e. The highest BCUT2D eigenvalue weighted by Gasteiger charge is 2.52. The van der Waals surface area contributed by atoms with Crippen LogP contribution in [-0.4, -0.2) is 156 Å². The topological polar surface area (TPSA) is 262 Å². The van der Waals surface area contributed by atoms with Crippen molar-refractivity contribution in [2.45, 2.75) is 182 Å². The number of pyridine rings is 2. The molecule has 1 fully saturated rings. The first kappa shape index (κ1) is 64.0. The van der Waals surface area contributed by atoms with E-state index >= 15 is 4.39 Å². The van der Waals surface area contributed by atoms with Crippen LogP contribution in [0.25, 0.3) is 22.3 Å². The maximum atomic E-state index is 15.6. The molecule has 1 aliphatic carbocycles. The van der Waals surface area contributed by atoms with E-state index in [2.05, 4.69) is 34.7 Å². The van der Waals surface area contributed by atoms with Gasteiger partial charge < -0.3 is 58.6 Å². The van der Waals surface area contributed by atoms with Gasteiger partial charge in [-0.15, -0.1) is 0 Å². The van der Waals surface area contributed by atoms with Crippen molar-refractivity contribution >= 4 is 52.6 Å². The third-order valence-electron chi connectivity index (χ3n) is 15.5. The fourth-order valence-corrected chi connectivity index (χ4v) is 11.5. The number of hydrogen-bond acceptors (Lipinski definition) is 17. The molecule has 5 heterocycles. The van der Waals surface area contributed by atoms with E-state index in [0.29, 0.717) is 35.3 Å². The number of nitrogens with one attached hydrogen (secondary N) is 3. The minimum absolute atomic E-state index is 0.0259. The third-order valence-corrected chi connectivity index (χ3v) is 15.5. The molecule has 1 aromatic carbocycles. The first-order valence-corrected chi connectivity index (χ1v) is 29.1. The number of carbonyl (C=O) groups excluding carboxylic acids is 7. The fourth-order valence-electron chi connectivity index (χ4n) is 11.5. The third kappa shape index (κ3) is 14.7. The number of cyclic esters (lactones) is 1. The Morgan fingerprint density at radius 2 is 1.53 bits per heavy atom. The van der Waals surface area contributed by atoms with Gasteiger partial charge in [-0.05, 0) is 122 Å². The number of aromatic nitrogens is 2. The van der Waals surface area contributed by atoms with E-state index in [4.69, 9.17) is 38.1 Å². The van der Waals surface area contributed by atoms with Crippen LogP contribution in [0.3, 0.4) is 0 Å². The van der Waals surface area contributed by atoms with Crippen LogP contribution in [0.2, 0.25) is 0 Å². The van der Waals surface area contributed by atoms with Gasteiger partial charge in [-0.2, -0.15) is 0 Å². The van der Waals surface area contributed by atoms with Crippen molar-refractivity contribution in [3.05, 3.63) is 61.7 Å². The summed E-state index contributed by atoms with van der Waals surface area (Å²) < 4.78 is 56.4. The van der Waals surface area contributed by atoms with Crippen LogP contribution >= 0.6 is 0 Å². The largest absolute Gasteiger partial charge is 0.460 e. The Labute approximate surface area is 484 Å². The second-order valence-corrected chi connectivity index (χ2v) is 23.8. The second-order valence-electron chi connectivity index (χ2n) is 23.8. The molecule has 7 rings (SSSR count). The number of carbonyl (C=O) groups is 7.